The topological polar surface area (TPSA) is 82.3 Å². The second-order valence-electron chi connectivity index (χ2n) is 5.78. The maximum Gasteiger partial charge on any atom is 0.311 e. The summed E-state index contributed by atoms with van der Waals surface area (Å²) in [5.74, 6) is -0.576. The van der Waals surface area contributed by atoms with Crippen molar-refractivity contribution in [3.05, 3.63) is 87.9 Å². The largest absolute Gasteiger partial charge is 0.490 e. The predicted molar refractivity (Wildman–Crippen MR) is 97.3 cm³/mol. The molecule has 0 atom stereocenters. The molecular weight excluding hydrogens is 351 g/mol. The van der Waals surface area contributed by atoms with Crippen molar-refractivity contribution in [1.82, 2.24) is 4.98 Å². The molecule has 2 aromatic carbocycles. The number of hydrogen-bond donors (Lipinski definition) is 0. The zero-order chi connectivity index (χ0) is 19.4. The summed E-state index contributed by atoms with van der Waals surface area (Å²) in [6.45, 7) is 0. The van der Waals surface area contributed by atoms with Crippen LogP contribution in [0.4, 0.5) is 10.1 Å². The minimum Gasteiger partial charge on any atom is -0.490 e. The highest BCUT2D eigenvalue weighted by atomic mass is 19.1. The second-order valence-corrected chi connectivity index (χ2v) is 5.78. The van der Waals surface area contributed by atoms with Crippen LogP contribution in [-0.2, 0) is 6.42 Å². The fraction of sp³-hybridized carbons (Fsp3) is 0.100. The van der Waals surface area contributed by atoms with E-state index >= 15 is 0 Å². The Morgan fingerprint density at radius 2 is 1.96 bits per heavy atom. The highest BCUT2D eigenvalue weighted by Crippen LogP contribution is 2.28. The molecule has 0 amide bonds. The number of ketones is 1. The third-order valence-electron chi connectivity index (χ3n) is 4.04. The molecule has 0 saturated heterocycles. The van der Waals surface area contributed by atoms with Crippen molar-refractivity contribution in [3.63, 3.8) is 0 Å². The minimum atomic E-state index is -0.597. The molecule has 3 aromatic rings. The summed E-state index contributed by atoms with van der Waals surface area (Å²) in [5, 5.41) is 11.1. The molecule has 0 N–H and O–H groups in total. The predicted octanol–water partition coefficient (Wildman–Crippen LogP) is 4.23. The molecular formula is C20H15FN2O4. The first-order valence-corrected chi connectivity index (χ1v) is 8.05. The number of Topliss-reactive ketones (excluding diaryl/α,β-unsaturated/α-hetero) is 1. The number of aromatic nitrogens is 1. The Kier molecular flexibility index (Phi) is 5.21. The molecule has 7 heteroatoms. The van der Waals surface area contributed by atoms with Crippen LogP contribution in [0.2, 0.25) is 0 Å². The lowest BCUT2D eigenvalue weighted by Gasteiger charge is -2.06. The molecule has 1 aromatic heterocycles. The van der Waals surface area contributed by atoms with E-state index in [4.69, 9.17) is 4.74 Å². The average molecular weight is 366 g/mol. The van der Waals surface area contributed by atoms with Gasteiger partial charge in [-0.15, -0.1) is 0 Å². The Hall–Kier alpha value is -3.61. The molecule has 0 unspecified atom stereocenters. The van der Waals surface area contributed by atoms with Crippen molar-refractivity contribution in [2.24, 2.45) is 0 Å². The third kappa shape index (κ3) is 3.98. The highest BCUT2D eigenvalue weighted by Gasteiger charge is 2.18. The maximum atomic E-state index is 13.8. The molecule has 0 aliphatic carbocycles. The summed E-state index contributed by atoms with van der Waals surface area (Å²) in [5.41, 5.74) is 1.40. The highest BCUT2D eigenvalue weighted by molar-refractivity contribution is 5.98. The number of hydrogen-bond acceptors (Lipinski definition) is 5. The van der Waals surface area contributed by atoms with Gasteiger partial charge in [0.15, 0.2) is 11.5 Å². The first-order valence-electron chi connectivity index (χ1n) is 8.05. The van der Waals surface area contributed by atoms with Crippen molar-refractivity contribution >= 4 is 11.5 Å². The molecule has 0 spiro atoms. The van der Waals surface area contributed by atoms with Gasteiger partial charge >= 0.3 is 5.69 Å². The van der Waals surface area contributed by atoms with Crippen molar-refractivity contribution in [3.8, 4) is 17.0 Å². The Morgan fingerprint density at radius 3 is 2.59 bits per heavy atom. The maximum absolute atomic E-state index is 13.8. The number of halogens is 1. The number of pyridine rings is 1. The van der Waals surface area contributed by atoms with E-state index in [-0.39, 0.29) is 35.0 Å². The molecule has 27 heavy (non-hydrogen) atoms. The van der Waals surface area contributed by atoms with Crippen LogP contribution >= 0.6 is 0 Å². The molecule has 136 valence electrons. The molecule has 6 nitrogen and oxygen atoms in total. The summed E-state index contributed by atoms with van der Waals surface area (Å²) in [6, 6.07) is 13.7. The minimum absolute atomic E-state index is 0.0219. The number of rotatable bonds is 6. The lowest BCUT2D eigenvalue weighted by Crippen LogP contribution is -2.05. The summed E-state index contributed by atoms with van der Waals surface area (Å²) in [6.07, 6.45) is 1.52. The summed E-state index contributed by atoms with van der Waals surface area (Å²) < 4.78 is 18.7. The van der Waals surface area contributed by atoms with E-state index in [0.717, 1.165) is 0 Å². The normalized spacial score (nSPS) is 10.4. The Morgan fingerprint density at radius 1 is 1.19 bits per heavy atom. The van der Waals surface area contributed by atoms with Crippen LogP contribution in [-0.4, -0.2) is 22.8 Å². The van der Waals surface area contributed by atoms with Gasteiger partial charge in [-0.05, 0) is 35.9 Å². The van der Waals surface area contributed by atoms with Crippen molar-refractivity contribution in [1.29, 1.82) is 0 Å². The number of carbonyl (C=O) groups is 1. The van der Waals surface area contributed by atoms with E-state index < -0.39 is 4.92 Å². The summed E-state index contributed by atoms with van der Waals surface area (Å²) in [7, 11) is 1.33. The van der Waals surface area contributed by atoms with E-state index in [0.29, 0.717) is 16.8 Å². The number of nitro benzene ring substituents is 1. The van der Waals surface area contributed by atoms with Gasteiger partial charge in [0.2, 0.25) is 0 Å². The van der Waals surface area contributed by atoms with E-state index in [9.17, 15) is 19.3 Å². The lowest BCUT2D eigenvalue weighted by molar-refractivity contribution is -0.385. The molecule has 0 saturated carbocycles. The summed E-state index contributed by atoms with van der Waals surface area (Å²) in [4.78, 5) is 27.1. The zero-order valence-electron chi connectivity index (χ0n) is 14.4. The van der Waals surface area contributed by atoms with Gasteiger partial charge in [-0.1, -0.05) is 18.2 Å². The van der Waals surface area contributed by atoms with Gasteiger partial charge in [0.1, 0.15) is 5.82 Å². The lowest BCUT2D eigenvalue weighted by atomic mass is 10.0. The Balaban J connectivity index is 1.80. The van der Waals surface area contributed by atoms with E-state index in [1.54, 1.807) is 30.3 Å². The molecule has 1 heterocycles. The molecule has 3 rings (SSSR count). The smallest absolute Gasteiger partial charge is 0.311 e. The van der Waals surface area contributed by atoms with Crippen LogP contribution in [0.15, 0.2) is 60.8 Å². The van der Waals surface area contributed by atoms with Gasteiger partial charge in [0, 0.05) is 29.8 Å². The number of ether oxygens (including phenoxy) is 1. The van der Waals surface area contributed by atoms with Gasteiger partial charge < -0.3 is 4.74 Å². The summed E-state index contributed by atoms with van der Waals surface area (Å²) >= 11 is 0. The third-order valence-corrected chi connectivity index (χ3v) is 4.04. The van der Waals surface area contributed by atoms with Gasteiger partial charge in [-0.3, -0.25) is 19.9 Å². The monoisotopic (exact) mass is 366 g/mol. The van der Waals surface area contributed by atoms with Crippen LogP contribution in [0.1, 0.15) is 15.9 Å². The van der Waals surface area contributed by atoms with Crippen molar-refractivity contribution in [2.45, 2.75) is 6.42 Å². The second kappa shape index (κ2) is 7.74. The van der Waals surface area contributed by atoms with Gasteiger partial charge in [-0.25, -0.2) is 4.39 Å². The van der Waals surface area contributed by atoms with Gasteiger partial charge in [-0.2, -0.15) is 0 Å². The van der Waals surface area contributed by atoms with Gasteiger partial charge in [0.25, 0.3) is 0 Å². The van der Waals surface area contributed by atoms with E-state index in [1.807, 2.05) is 0 Å². The standard InChI is InChI=1S/C20H15FN2O4/c1-27-20-9-7-14(11-18(20)23(25)26)19(24)10-13-6-8-17(22-12-13)15-4-2-3-5-16(15)21/h2-9,11-12H,10H2,1H3. The molecule has 0 fully saturated rings. The number of nitro groups is 1. The van der Waals surface area contributed by atoms with E-state index in [1.165, 1.54) is 37.6 Å². The fourth-order valence-electron chi connectivity index (χ4n) is 2.65. The molecule has 0 aliphatic rings. The van der Waals surface area contributed by atoms with Crippen LogP contribution in [0.25, 0.3) is 11.3 Å². The van der Waals surface area contributed by atoms with Crippen molar-refractivity contribution in [2.75, 3.05) is 7.11 Å². The number of carbonyl (C=O) groups excluding carboxylic acids is 1. The Bertz CT molecular complexity index is 1000. The number of methoxy groups -OCH3 is 1. The zero-order valence-corrected chi connectivity index (χ0v) is 14.4. The van der Waals surface area contributed by atoms with Gasteiger partial charge in [0.05, 0.1) is 17.7 Å². The van der Waals surface area contributed by atoms with E-state index in [2.05, 4.69) is 4.98 Å². The first kappa shape index (κ1) is 18.2. The SMILES string of the molecule is COc1ccc(C(=O)Cc2ccc(-c3ccccc3F)nc2)cc1[N+](=O)[O-]. The fourth-order valence-corrected chi connectivity index (χ4v) is 2.65. The van der Waals surface area contributed by atoms with Crippen LogP contribution in [0.3, 0.4) is 0 Å². The first-order chi connectivity index (χ1) is 13.0. The Labute approximate surface area is 154 Å². The molecule has 0 bridgehead atoms. The average Bonchev–Trinajstić information content (AvgIpc) is 2.68. The molecule has 0 aliphatic heterocycles. The number of benzene rings is 2. The number of nitrogens with zero attached hydrogens (tertiary/aromatic N) is 2. The quantitative estimate of drug-likeness (QED) is 0.370. The van der Waals surface area contributed by atoms with Crippen molar-refractivity contribution < 1.29 is 18.8 Å². The molecule has 0 radical (unpaired) electrons. The van der Waals surface area contributed by atoms with Crippen LogP contribution < -0.4 is 4.74 Å². The van der Waals surface area contributed by atoms with Crippen LogP contribution in [0, 0.1) is 15.9 Å². The van der Waals surface area contributed by atoms with Crippen LogP contribution in [0.5, 0.6) is 5.75 Å².